The van der Waals surface area contributed by atoms with Gasteiger partial charge >= 0.3 is 12.0 Å². The van der Waals surface area contributed by atoms with Gasteiger partial charge in [0, 0.05) is 20.7 Å². The summed E-state index contributed by atoms with van der Waals surface area (Å²) in [6.45, 7) is 1.09. The second kappa shape index (κ2) is 4.28. The minimum absolute atomic E-state index is 0.230. The highest BCUT2D eigenvalue weighted by atomic mass is 16.5. The van der Waals surface area contributed by atoms with E-state index < -0.39 is 12.0 Å². The van der Waals surface area contributed by atoms with Crippen molar-refractivity contribution >= 4 is 12.0 Å². The van der Waals surface area contributed by atoms with Crippen molar-refractivity contribution < 1.29 is 19.4 Å². The van der Waals surface area contributed by atoms with Gasteiger partial charge < -0.3 is 19.6 Å². The van der Waals surface area contributed by atoms with E-state index in [-0.39, 0.29) is 12.6 Å². The van der Waals surface area contributed by atoms with Crippen molar-refractivity contribution in [3.05, 3.63) is 0 Å². The Bertz CT molecular complexity index is 243. The molecule has 0 spiro atoms. The van der Waals surface area contributed by atoms with E-state index in [1.807, 2.05) is 0 Å². The molecule has 0 aromatic rings. The van der Waals surface area contributed by atoms with Gasteiger partial charge in [-0.1, -0.05) is 0 Å². The number of likely N-dealkylation sites (N-methyl/N-ethyl adjacent to an activating group) is 1. The molecule has 1 N–H and O–H groups in total. The molecular formula is C8H14N2O4. The molecule has 14 heavy (non-hydrogen) atoms. The second-order valence-electron chi connectivity index (χ2n) is 3.19. The third-order valence-corrected chi connectivity index (χ3v) is 2.28. The van der Waals surface area contributed by atoms with Gasteiger partial charge in [-0.2, -0.15) is 0 Å². The first-order chi connectivity index (χ1) is 6.57. The topological polar surface area (TPSA) is 70.1 Å². The molecule has 6 nitrogen and oxygen atoms in total. The Morgan fingerprint density at radius 3 is 2.79 bits per heavy atom. The lowest BCUT2D eigenvalue weighted by Gasteiger charge is -2.14. The van der Waals surface area contributed by atoms with Gasteiger partial charge in [0.25, 0.3) is 0 Å². The number of nitrogens with zero attached hydrogens (tertiary/aromatic N) is 2. The molecule has 0 bridgehead atoms. The van der Waals surface area contributed by atoms with Gasteiger partial charge in [-0.3, -0.25) is 0 Å². The molecule has 1 saturated heterocycles. The number of carboxylic acid groups (broad SMARTS) is 1. The average Bonchev–Trinajstić information content (AvgIpc) is 2.42. The van der Waals surface area contributed by atoms with E-state index in [1.54, 1.807) is 7.11 Å². The van der Waals surface area contributed by atoms with Crippen molar-refractivity contribution in [1.29, 1.82) is 0 Å². The lowest BCUT2D eigenvalue weighted by Crippen LogP contribution is -2.36. The Labute approximate surface area is 82.0 Å². The standard InChI is InChI=1S/C8H14N2O4/c1-9-6(7(11)12)5-10(8(9)13)3-4-14-2/h6H,3-5H2,1-2H3,(H,11,12). The van der Waals surface area contributed by atoms with E-state index in [4.69, 9.17) is 9.84 Å². The van der Waals surface area contributed by atoms with Crippen LogP contribution in [0, 0.1) is 0 Å². The predicted octanol–water partition coefficient (Wildman–Crippen LogP) is -0.547. The highest BCUT2D eigenvalue weighted by Crippen LogP contribution is 2.13. The zero-order chi connectivity index (χ0) is 10.7. The fourth-order valence-electron chi connectivity index (χ4n) is 1.40. The van der Waals surface area contributed by atoms with E-state index in [1.165, 1.54) is 16.8 Å². The van der Waals surface area contributed by atoms with Crippen molar-refractivity contribution in [2.24, 2.45) is 0 Å². The summed E-state index contributed by atoms with van der Waals surface area (Å²) in [5, 5.41) is 8.79. The number of ether oxygens (including phenoxy) is 1. The number of hydrogen-bond acceptors (Lipinski definition) is 3. The zero-order valence-corrected chi connectivity index (χ0v) is 8.27. The summed E-state index contributed by atoms with van der Waals surface area (Å²) in [6.07, 6.45) is 0. The van der Waals surface area contributed by atoms with Crippen LogP contribution in [-0.4, -0.2) is 66.8 Å². The highest BCUT2D eigenvalue weighted by Gasteiger charge is 2.38. The van der Waals surface area contributed by atoms with Crippen molar-refractivity contribution in [3.63, 3.8) is 0 Å². The largest absolute Gasteiger partial charge is 0.480 e. The van der Waals surface area contributed by atoms with Crippen molar-refractivity contribution in [1.82, 2.24) is 9.80 Å². The molecule has 1 aliphatic rings. The molecule has 6 heteroatoms. The van der Waals surface area contributed by atoms with Gasteiger partial charge in [-0.05, 0) is 0 Å². The molecule has 0 aromatic carbocycles. The molecule has 1 aliphatic heterocycles. The molecule has 0 radical (unpaired) electrons. The lowest BCUT2D eigenvalue weighted by molar-refractivity contribution is -0.140. The van der Waals surface area contributed by atoms with E-state index in [9.17, 15) is 9.59 Å². The van der Waals surface area contributed by atoms with Crippen molar-refractivity contribution in [2.45, 2.75) is 6.04 Å². The molecule has 2 amide bonds. The summed E-state index contributed by atoms with van der Waals surface area (Å²) in [5.41, 5.74) is 0. The van der Waals surface area contributed by atoms with Gasteiger partial charge in [-0.15, -0.1) is 0 Å². The van der Waals surface area contributed by atoms with Gasteiger partial charge in [0.15, 0.2) is 0 Å². The summed E-state index contributed by atoms with van der Waals surface area (Å²) >= 11 is 0. The Morgan fingerprint density at radius 2 is 2.36 bits per heavy atom. The van der Waals surface area contributed by atoms with Crippen molar-refractivity contribution in [2.75, 3.05) is 33.9 Å². The van der Waals surface area contributed by atoms with E-state index in [0.717, 1.165) is 0 Å². The van der Waals surface area contributed by atoms with Crippen LogP contribution >= 0.6 is 0 Å². The number of aliphatic carboxylic acids is 1. The first-order valence-corrected chi connectivity index (χ1v) is 4.31. The van der Waals surface area contributed by atoms with Gasteiger partial charge in [-0.25, -0.2) is 9.59 Å². The molecule has 1 atom stereocenters. The SMILES string of the molecule is COCCN1CC(C(=O)O)N(C)C1=O. The lowest BCUT2D eigenvalue weighted by atomic mass is 10.3. The maximum absolute atomic E-state index is 11.5. The number of hydrogen-bond donors (Lipinski definition) is 1. The molecule has 1 unspecified atom stereocenters. The summed E-state index contributed by atoms with van der Waals surface area (Å²) in [6, 6.07) is -0.992. The molecular weight excluding hydrogens is 188 g/mol. The number of carbonyl (C=O) groups excluding carboxylic acids is 1. The maximum Gasteiger partial charge on any atom is 0.328 e. The third kappa shape index (κ3) is 1.95. The normalized spacial score (nSPS) is 21.9. The van der Waals surface area contributed by atoms with E-state index >= 15 is 0 Å². The van der Waals surface area contributed by atoms with Gasteiger partial charge in [0.2, 0.25) is 0 Å². The monoisotopic (exact) mass is 202 g/mol. The first-order valence-electron chi connectivity index (χ1n) is 4.31. The van der Waals surface area contributed by atoms with Crippen LogP contribution in [0.5, 0.6) is 0 Å². The Morgan fingerprint density at radius 1 is 1.71 bits per heavy atom. The Balaban J connectivity index is 2.57. The summed E-state index contributed by atoms with van der Waals surface area (Å²) in [7, 11) is 3.03. The molecule has 80 valence electrons. The molecule has 0 aliphatic carbocycles. The van der Waals surface area contributed by atoms with Gasteiger partial charge in [0.1, 0.15) is 6.04 Å². The zero-order valence-electron chi connectivity index (χ0n) is 8.27. The molecule has 0 saturated carbocycles. The van der Waals surface area contributed by atoms with E-state index in [2.05, 4.69) is 0 Å². The number of amides is 2. The predicted molar refractivity (Wildman–Crippen MR) is 48.0 cm³/mol. The number of urea groups is 1. The second-order valence-corrected chi connectivity index (χ2v) is 3.19. The smallest absolute Gasteiger partial charge is 0.328 e. The van der Waals surface area contributed by atoms with Crippen LogP contribution < -0.4 is 0 Å². The molecule has 0 aromatic heterocycles. The Hall–Kier alpha value is -1.30. The fraction of sp³-hybridized carbons (Fsp3) is 0.750. The minimum Gasteiger partial charge on any atom is -0.480 e. The van der Waals surface area contributed by atoms with Crippen molar-refractivity contribution in [3.8, 4) is 0 Å². The van der Waals surface area contributed by atoms with Crippen LogP contribution in [0.15, 0.2) is 0 Å². The molecule has 1 rings (SSSR count). The van der Waals surface area contributed by atoms with Crippen LogP contribution in [0.1, 0.15) is 0 Å². The third-order valence-electron chi connectivity index (χ3n) is 2.28. The fourth-order valence-corrected chi connectivity index (χ4v) is 1.40. The number of carboxylic acids is 1. The molecule has 1 heterocycles. The number of carbonyl (C=O) groups is 2. The quantitative estimate of drug-likeness (QED) is 0.664. The highest BCUT2D eigenvalue weighted by molar-refractivity contribution is 5.86. The van der Waals surface area contributed by atoms with Crippen LogP contribution in [0.4, 0.5) is 4.79 Å². The van der Waals surface area contributed by atoms with Crippen LogP contribution in [0.3, 0.4) is 0 Å². The summed E-state index contributed by atoms with van der Waals surface area (Å²) in [5.74, 6) is -0.972. The van der Waals surface area contributed by atoms with Gasteiger partial charge in [0.05, 0.1) is 13.2 Å². The van der Waals surface area contributed by atoms with Crippen LogP contribution in [0.25, 0.3) is 0 Å². The maximum atomic E-state index is 11.5. The number of rotatable bonds is 4. The average molecular weight is 202 g/mol. The number of methoxy groups -OCH3 is 1. The van der Waals surface area contributed by atoms with E-state index in [0.29, 0.717) is 13.2 Å². The minimum atomic E-state index is -0.972. The first kappa shape index (κ1) is 10.8. The molecule has 1 fully saturated rings. The summed E-state index contributed by atoms with van der Waals surface area (Å²) in [4.78, 5) is 24.9. The van der Waals surface area contributed by atoms with Crippen LogP contribution in [-0.2, 0) is 9.53 Å². The van der Waals surface area contributed by atoms with Crippen LogP contribution in [0.2, 0.25) is 0 Å². The summed E-state index contributed by atoms with van der Waals surface area (Å²) < 4.78 is 4.82. The Kier molecular flexibility index (Phi) is 3.29.